The molecule has 8 atom stereocenters. The first kappa shape index (κ1) is 131. The maximum atomic E-state index is 5.36. The zero-order valence-corrected chi connectivity index (χ0v) is 116. The van der Waals surface area contributed by atoms with Gasteiger partial charge >= 0.3 is 238 Å². The Morgan fingerprint density at radius 2 is 0.604 bits per heavy atom. The van der Waals surface area contributed by atoms with Crippen LogP contribution < -0.4 is 5.79 Å². The molecular weight excluding hydrogens is 2360 g/mol. The van der Waals surface area contributed by atoms with Crippen molar-refractivity contribution in [3.8, 4) is 9.75 Å². The monoisotopic (exact) mass is 2550 g/mol. The van der Waals surface area contributed by atoms with E-state index in [-0.39, 0.29) is 35.4 Å². The van der Waals surface area contributed by atoms with Crippen LogP contribution in [0.25, 0.3) is 72.2 Å². The van der Waals surface area contributed by atoms with Crippen molar-refractivity contribution in [2.75, 3.05) is 0 Å². The molecule has 10 aromatic rings. The summed E-state index contributed by atoms with van der Waals surface area (Å²) < 4.78 is 12.1. The summed E-state index contributed by atoms with van der Waals surface area (Å²) in [5, 5.41) is 6.43. The van der Waals surface area contributed by atoms with Crippen molar-refractivity contribution in [3.63, 3.8) is 0 Å². The van der Waals surface area contributed by atoms with Crippen LogP contribution in [0.4, 0.5) is 0 Å². The average molecular weight is 2550 g/mol. The summed E-state index contributed by atoms with van der Waals surface area (Å²) in [6.07, 6.45) is 91.1. The number of thiophene rings is 6. The molecule has 2 aromatic carbocycles. The summed E-state index contributed by atoms with van der Waals surface area (Å²) >= 11 is 15.7. The fourth-order valence-electron chi connectivity index (χ4n) is 19.7. The molecule has 4 nitrogen and oxygen atoms in total. The Bertz CT molecular complexity index is 4930. The normalized spacial score (nSPS) is 12.3. The van der Waals surface area contributed by atoms with Crippen molar-refractivity contribution < 1.29 is 0 Å². The molecule has 139 heavy (non-hydrogen) atoms. The Kier molecular flexibility index (Phi) is 73.4. The number of aromatic nitrogens is 4. The Balaban J connectivity index is 0.000000319. The molecule has 0 amide bonds. The van der Waals surface area contributed by atoms with Crippen LogP contribution in [0, 0.1) is 35.1 Å². The number of unbranched alkanes of at least 4 members (excludes halogenated alkanes) is 54. The van der Waals surface area contributed by atoms with E-state index < -0.39 is 38.1 Å². The van der Waals surface area contributed by atoms with E-state index in [1.165, 1.54) is 457 Å². The van der Waals surface area contributed by atoms with Crippen LogP contribution in [-0.2, 0) is 38.5 Å². The topological polar surface area (TPSA) is 51.6 Å². The third-order valence-corrected chi connectivity index (χ3v) is 112. The van der Waals surface area contributed by atoms with E-state index in [1.54, 1.807) is 64.9 Å². The second kappa shape index (κ2) is 77.8. The minimum absolute atomic E-state index is 0. The molecular formula is C114H197Br2N4P11S6Sn2+. The zero-order valence-electron chi connectivity index (χ0n) is 90.7. The molecule has 8 heterocycles. The second-order valence-corrected chi connectivity index (χ2v) is 114. The molecule has 0 aliphatic rings. The molecule has 8 aromatic heterocycles. The Morgan fingerprint density at radius 3 is 0.928 bits per heavy atom. The molecule has 0 aliphatic heterocycles. The summed E-state index contributed by atoms with van der Waals surface area (Å²) in [4.78, 5) is 38.8. The molecule has 0 saturated carbocycles. The third-order valence-electron chi connectivity index (χ3n) is 28.0. The van der Waals surface area contributed by atoms with Crippen LogP contribution in [-0.4, -0.2) is 58.1 Å². The van der Waals surface area contributed by atoms with Gasteiger partial charge in [-0.05, 0) is 173 Å². The van der Waals surface area contributed by atoms with E-state index in [0.29, 0.717) is 0 Å². The maximum absolute atomic E-state index is 5.36. The van der Waals surface area contributed by atoms with Gasteiger partial charge < -0.3 is 0 Å². The van der Waals surface area contributed by atoms with E-state index in [4.69, 9.17) is 19.9 Å². The fraction of sp³-hybridized carbons (Fsp3) is 0.711. The number of nitrogens with zero attached hydrogens (tertiary/aromatic N) is 4. The zero-order chi connectivity index (χ0) is 99.8. The predicted octanol–water partition coefficient (Wildman–Crippen LogP) is 48.1. The summed E-state index contributed by atoms with van der Waals surface area (Å²) in [7, 11) is 18.9. The largest absolute Gasteiger partial charge is 0.109 e. The molecule has 10 rings (SSSR count). The number of hydrogen-bond acceptors (Lipinski definition) is 10. The predicted molar refractivity (Wildman–Crippen MR) is 697 cm³/mol. The molecule has 785 valence electrons. The SMILES string of the molecule is CCCCCCCCCCCCCCCCCCCCc1nc2c(Br)sc(Br)c2nc1C.CCCCCCCCCCCCCCCCCCCCc1nc2c(C)sc(-c3cc4c(CCCCCCCC)c(CCCCCCCC)c5cc(C)sc5c4s3)c2nc1C.CCCCCCCCc1c(CCCCCCCC)c2c[c]([Sn]([CH3])([CH3])[CH3])sc2c2s[c]([Sn]([CH3])[CH3])cc12.PPP(P)P(P(P)P)P(P)P.[CH3+]. The first-order valence-electron chi connectivity index (χ1n) is 55.9. The number of benzene rings is 2. The van der Waals surface area contributed by atoms with Crippen LogP contribution in [0.5, 0.6) is 0 Å². The van der Waals surface area contributed by atoms with Gasteiger partial charge in [0.15, 0.2) is 0 Å². The molecule has 0 bridgehead atoms. The first-order chi connectivity index (χ1) is 66.9. The standard InChI is InChI=1S/C55H86N2S3.C27H44Br2N2S.C26H36S2.6CH3.H13P11.2Sn/c1-7-10-13-16-19-20-21-22-23-24-25-26-27-28-29-30-33-36-39-49-43(5)56-52-51(57-49)44(6)59-55(52)50-41-48-46(38-35-32-18-15-12-9-3)45(37-34-31-17-14-11-8-2)47-40-42(4)58-53(47)54(48)60-50;1-3-4-5-6-7-8-9-10-11-12-13-14-15-16-17-18-19-20-21-23-22(2)30-24-25(31-23)27(29)32-26(24)28;1-3-5-7-9-11-13-15-21-22(16-14-12-10-8-6-4-2)24-18-20-28-26(24)25-23(21)17-19-27-25;;;;;;;1-7-10(6)11(8(2)3)9(4)5;;/h40-41H,7-39H2,1-6H3;3-21H2,1-2H3;17-18H,3-16H2,1-2H3;6*1H3;7H,1-6H2;;/q;;;;;;;;+1;;;. The van der Waals surface area contributed by atoms with Gasteiger partial charge in [-0.15, -0.1) is 98.9 Å². The number of rotatable bonds is 73. The molecule has 1 radical (unpaired) electrons. The van der Waals surface area contributed by atoms with Gasteiger partial charge in [0.25, 0.3) is 0 Å². The van der Waals surface area contributed by atoms with Crippen molar-refractivity contribution in [1.29, 1.82) is 0 Å². The molecule has 0 saturated heterocycles. The summed E-state index contributed by atoms with van der Waals surface area (Å²) in [5.74, 6) is 0. The van der Waals surface area contributed by atoms with Crippen molar-refractivity contribution in [1.82, 2.24) is 19.9 Å². The van der Waals surface area contributed by atoms with Gasteiger partial charge in [0, 0.05) is 22.1 Å². The van der Waals surface area contributed by atoms with Crippen LogP contribution in [0.2, 0.25) is 24.7 Å². The van der Waals surface area contributed by atoms with Gasteiger partial charge in [-0.2, -0.15) is 0 Å². The number of halogens is 2. The second-order valence-electron chi connectivity index (χ2n) is 41.5. The van der Waals surface area contributed by atoms with Crippen molar-refractivity contribution >= 4 is 296 Å². The molecule has 8 unspecified atom stereocenters. The summed E-state index contributed by atoms with van der Waals surface area (Å²) in [6.45, 7) is 23.6. The van der Waals surface area contributed by atoms with Crippen LogP contribution in [0.1, 0.15) is 482 Å². The minimum Gasteiger partial charge on any atom is -0.109 e. The van der Waals surface area contributed by atoms with Crippen molar-refractivity contribution in [3.05, 3.63) is 94.0 Å². The van der Waals surface area contributed by atoms with Gasteiger partial charge in [-0.3, -0.25) is 0 Å². The smallest absolute Gasteiger partial charge is 0.0467 e. The minimum atomic E-state index is -2.11. The van der Waals surface area contributed by atoms with Gasteiger partial charge in [0.05, 0.1) is 44.6 Å². The van der Waals surface area contributed by atoms with Gasteiger partial charge in [0.1, 0.15) is 22.1 Å². The van der Waals surface area contributed by atoms with E-state index in [9.17, 15) is 0 Å². The number of fused-ring (bicyclic) bond motifs is 8. The van der Waals surface area contributed by atoms with Crippen LogP contribution >= 0.6 is 189 Å². The molecule has 0 fully saturated rings. The van der Waals surface area contributed by atoms with Gasteiger partial charge in [0.2, 0.25) is 0 Å². The van der Waals surface area contributed by atoms with E-state index >= 15 is 0 Å². The van der Waals surface area contributed by atoms with Crippen LogP contribution in [0.15, 0.2) is 31.8 Å². The van der Waals surface area contributed by atoms with Crippen molar-refractivity contribution in [2.24, 2.45) is 0 Å². The molecule has 0 spiro atoms. The van der Waals surface area contributed by atoms with Crippen molar-refractivity contribution in [2.45, 2.75) is 518 Å². The molecule has 25 heteroatoms. The molecule has 0 aliphatic carbocycles. The van der Waals surface area contributed by atoms with E-state index in [1.807, 2.05) is 34.0 Å². The van der Waals surface area contributed by atoms with Crippen LogP contribution in [0.3, 0.4) is 0 Å². The van der Waals surface area contributed by atoms with E-state index in [2.05, 4.69) is 226 Å². The molecule has 0 N–H and O–H groups in total. The number of aryl methyl sites for hydroxylation is 10. The van der Waals surface area contributed by atoms with Gasteiger partial charge in [-0.1, -0.05) is 318 Å². The fourth-order valence-corrected chi connectivity index (χ4v) is 133. The first-order valence-corrected chi connectivity index (χ1v) is 98.8. The Morgan fingerprint density at radius 1 is 0.324 bits per heavy atom. The quantitative estimate of drug-likeness (QED) is 0.0165. The van der Waals surface area contributed by atoms with Gasteiger partial charge in [-0.25, -0.2) is 19.9 Å². The third kappa shape index (κ3) is 48.0. The summed E-state index contributed by atoms with van der Waals surface area (Å²) in [5.41, 5.74) is 15.7. The van der Waals surface area contributed by atoms with E-state index in [0.717, 1.165) is 61.8 Å². The average Bonchev–Trinajstić information content (AvgIpc) is 1.58. The maximum Gasteiger partial charge on any atom is 0.0467 e. The number of hydrogen-bond donors (Lipinski definition) is 0. The Hall–Kier alpha value is 3.52. The summed E-state index contributed by atoms with van der Waals surface area (Å²) in [6, 6.07) is 10.5. The Labute approximate surface area is 926 Å².